The normalized spacial score (nSPS) is 32.4. The molecule has 4 rings (SSSR count). The monoisotopic (exact) mass is 396 g/mol. The average Bonchev–Trinajstić information content (AvgIpc) is 2.52. The minimum atomic E-state index is -3.52. The lowest BCUT2D eigenvalue weighted by atomic mass is 9.53. The van der Waals surface area contributed by atoms with Gasteiger partial charge in [0.2, 0.25) is 0 Å². The molecule has 4 bridgehead atoms. The minimum absolute atomic E-state index is 0.119. The largest absolute Gasteiger partial charge is 0.333 e. The van der Waals surface area contributed by atoms with E-state index in [1.807, 2.05) is 0 Å². The van der Waals surface area contributed by atoms with Gasteiger partial charge in [0.05, 0.1) is 5.75 Å². The molecule has 9 heteroatoms. The summed E-state index contributed by atoms with van der Waals surface area (Å²) in [6, 6.07) is -1.79. The van der Waals surface area contributed by atoms with E-state index >= 15 is 0 Å². The van der Waals surface area contributed by atoms with Crippen molar-refractivity contribution < 1.29 is 18.0 Å². The molecule has 4 saturated carbocycles. The Morgan fingerprint density at radius 3 is 2.11 bits per heavy atom. The van der Waals surface area contributed by atoms with Crippen molar-refractivity contribution in [3.8, 4) is 6.19 Å². The highest BCUT2D eigenvalue weighted by Crippen LogP contribution is 2.55. The highest BCUT2D eigenvalue weighted by molar-refractivity contribution is 7.90. The highest BCUT2D eigenvalue weighted by Gasteiger charge is 2.51. The second-order valence-electron chi connectivity index (χ2n) is 8.62. The summed E-state index contributed by atoms with van der Waals surface area (Å²) in [5.74, 6) is 0.724. The third kappa shape index (κ3) is 4.54. The van der Waals surface area contributed by atoms with Crippen LogP contribution in [-0.4, -0.2) is 55.4 Å². The van der Waals surface area contributed by atoms with E-state index in [0.717, 1.165) is 30.4 Å². The summed E-state index contributed by atoms with van der Waals surface area (Å²) >= 11 is 0. The smallest absolute Gasteiger partial charge is 0.315 e. The van der Waals surface area contributed by atoms with Crippen LogP contribution in [0.15, 0.2) is 0 Å². The van der Waals surface area contributed by atoms with E-state index in [2.05, 4.69) is 10.6 Å². The van der Waals surface area contributed by atoms with E-state index in [-0.39, 0.29) is 12.1 Å². The van der Waals surface area contributed by atoms with Crippen LogP contribution < -0.4 is 10.6 Å². The lowest BCUT2D eigenvalue weighted by Crippen LogP contribution is -2.63. The lowest BCUT2D eigenvalue weighted by Gasteiger charge is -2.56. The molecule has 0 aromatic carbocycles. The van der Waals surface area contributed by atoms with Crippen molar-refractivity contribution in [2.24, 2.45) is 17.8 Å². The van der Waals surface area contributed by atoms with Crippen LogP contribution in [0, 0.1) is 29.2 Å². The molecule has 150 valence electrons. The molecule has 0 aliphatic heterocycles. The zero-order valence-corrected chi connectivity index (χ0v) is 16.7. The summed E-state index contributed by atoms with van der Waals surface area (Å²) in [5.41, 5.74) is -0.239. The Labute approximate surface area is 160 Å². The van der Waals surface area contributed by atoms with Crippen LogP contribution in [0.1, 0.15) is 45.4 Å². The Morgan fingerprint density at radius 1 is 1.19 bits per heavy atom. The van der Waals surface area contributed by atoms with Crippen LogP contribution in [0.5, 0.6) is 0 Å². The van der Waals surface area contributed by atoms with E-state index in [4.69, 9.17) is 5.26 Å². The van der Waals surface area contributed by atoms with Gasteiger partial charge < -0.3 is 10.6 Å². The number of hydrogen-bond acceptors (Lipinski definition) is 5. The van der Waals surface area contributed by atoms with E-state index in [0.29, 0.717) is 17.8 Å². The van der Waals surface area contributed by atoms with Crippen LogP contribution in [0.25, 0.3) is 0 Å². The molecule has 4 aliphatic carbocycles. The fourth-order valence-electron chi connectivity index (χ4n) is 5.64. The number of carbonyl (C=O) groups is 2. The standard InChI is InChI=1S/C18H28N4O4S/c1-3-22(11-19)16(23)15(10-27(2,25)26)20-17(24)21-18-7-12-4-13(8-18)6-14(5-12)9-18/h12-15H,3-10H2,1-2H3,(H2,20,21,24). The van der Waals surface area contributed by atoms with Crippen molar-refractivity contribution in [3.63, 3.8) is 0 Å². The van der Waals surface area contributed by atoms with E-state index in [1.54, 1.807) is 13.1 Å². The predicted molar refractivity (Wildman–Crippen MR) is 99.1 cm³/mol. The first-order valence-corrected chi connectivity index (χ1v) is 11.7. The number of carbonyl (C=O) groups excluding carboxylic acids is 2. The Balaban J connectivity index is 1.69. The Kier molecular flexibility index (Phi) is 5.39. The molecule has 0 aromatic rings. The van der Waals surface area contributed by atoms with Gasteiger partial charge in [-0.3, -0.25) is 4.79 Å². The summed E-state index contributed by atoms with van der Waals surface area (Å²) in [7, 11) is -3.52. The van der Waals surface area contributed by atoms with Crippen molar-refractivity contribution in [2.45, 2.75) is 57.0 Å². The zero-order chi connectivity index (χ0) is 19.8. The molecule has 3 amide bonds. The second kappa shape index (κ2) is 7.30. The van der Waals surface area contributed by atoms with E-state index in [9.17, 15) is 18.0 Å². The first kappa shape index (κ1) is 19.9. The lowest BCUT2D eigenvalue weighted by molar-refractivity contribution is -0.129. The second-order valence-corrected chi connectivity index (χ2v) is 10.8. The Morgan fingerprint density at radius 2 is 1.70 bits per heavy atom. The Hall–Kier alpha value is -1.82. The minimum Gasteiger partial charge on any atom is -0.333 e. The molecule has 0 spiro atoms. The van der Waals surface area contributed by atoms with Crippen molar-refractivity contribution in [1.82, 2.24) is 15.5 Å². The number of nitrogens with zero attached hydrogens (tertiary/aromatic N) is 2. The van der Waals surface area contributed by atoms with Crippen LogP contribution in [0.3, 0.4) is 0 Å². The zero-order valence-electron chi connectivity index (χ0n) is 15.9. The van der Waals surface area contributed by atoms with Gasteiger partial charge >= 0.3 is 6.03 Å². The molecule has 8 nitrogen and oxygen atoms in total. The number of urea groups is 1. The van der Waals surface area contributed by atoms with Gasteiger partial charge in [-0.05, 0) is 63.2 Å². The summed E-state index contributed by atoms with van der Waals surface area (Å²) in [6.45, 7) is 1.74. The fraction of sp³-hybridized carbons (Fsp3) is 0.833. The maximum atomic E-state index is 12.7. The number of sulfone groups is 1. The molecule has 1 atom stereocenters. The van der Waals surface area contributed by atoms with Gasteiger partial charge in [0.25, 0.3) is 5.91 Å². The quantitative estimate of drug-likeness (QED) is 0.513. The van der Waals surface area contributed by atoms with Gasteiger partial charge in [0.1, 0.15) is 15.9 Å². The van der Waals surface area contributed by atoms with Gasteiger partial charge in [0.15, 0.2) is 6.19 Å². The molecule has 27 heavy (non-hydrogen) atoms. The third-order valence-electron chi connectivity index (χ3n) is 6.19. The van der Waals surface area contributed by atoms with Crippen molar-refractivity contribution >= 4 is 21.8 Å². The molecule has 1 unspecified atom stereocenters. The number of nitriles is 1. The molecule has 4 fully saturated rings. The number of nitrogens with one attached hydrogen (secondary N) is 2. The summed E-state index contributed by atoms with van der Waals surface area (Å²) in [6.07, 6.45) is 9.33. The molecule has 0 radical (unpaired) electrons. The molecule has 4 aliphatic rings. The molecular formula is C18H28N4O4S. The van der Waals surface area contributed by atoms with Gasteiger partial charge in [0, 0.05) is 18.3 Å². The average molecular weight is 397 g/mol. The van der Waals surface area contributed by atoms with Crippen molar-refractivity contribution in [1.29, 1.82) is 5.26 Å². The van der Waals surface area contributed by atoms with E-state index < -0.39 is 33.6 Å². The van der Waals surface area contributed by atoms with Crippen molar-refractivity contribution in [2.75, 3.05) is 18.6 Å². The summed E-state index contributed by atoms with van der Waals surface area (Å²) in [4.78, 5) is 26.0. The van der Waals surface area contributed by atoms with Crippen LogP contribution in [-0.2, 0) is 14.6 Å². The highest BCUT2D eigenvalue weighted by atomic mass is 32.2. The van der Waals surface area contributed by atoms with Crippen LogP contribution in [0.4, 0.5) is 4.79 Å². The van der Waals surface area contributed by atoms with Crippen LogP contribution >= 0.6 is 0 Å². The summed E-state index contributed by atoms with van der Waals surface area (Å²) in [5, 5.41) is 14.7. The summed E-state index contributed by atoms with van der Waals surface area (Å²) < 4.78 is 23.4. The Bertz CT molecular complexity index is 723. The van der Waals surface area contributed by atoms with Gasteiger partial charge in [-0.25, -0.2) is 18.1 Å². The number of likely N-dealkylation sites (N-methyl/N-ethyl adjacent to an activating group) is 1. The maximum Gasteiger partial charge on any atom is 0.315 e. The molecular weight excluding hydrogens is 368 g/mol. The maximum absolute atomic E-state index is 12.7. The first-order chi connectivity index (χ1) is 12.6. The third-order valence-corrected chi connectivity index (χ3v) is 7.13. The molecule has 0 heterocycles. The van der Waals surface area contributed by atoms with Gasteiger partial charge in [-0.1, -0.05) is 0 Å². The van der Waals surface area contributed by atoms with Gasteiger partial charge in [-0.2, -0.15) is 5.26 Å². The molecule has 0 aromatic heterocycles. The first-order valence-electron chi connectivity index (χ1n) is 9.60. The topological polar surface area (TPSA) is 119 Å². The van der Waals surface area contributed by atoms with Crippen LogP contribution in [0.2, 0.25) is 0 Å². The molecule has 2 N–H and O–H groups in total. The van der Waals surface area contributed by atoms with E-state index in [1.165, 1.54) is 19.3 Å². The SMILES string of the molecule is CCN(C#N)C(=O)C(CS(C)(=O)=O)NC(=O)NC12CC3CC(CC(C3)C1)C2. The predicted octanol–water partition coefficient (Wildman–Crippen LogP) is 0.997. The fourth-order valence-corrected chi connectivity index (χ4v) is 6.47. The molecule has 0 saturated heterocycles. The number of amides is 3. The van der Waals surface area contributed by atoms with Gasteiger partial charge in [-0.15, -0.1) is 0 Å². The number of rotatable bonds is 6. The number of hydrogen-bond donors (Lipinski definition) is 2. The van der Waals surface area contributed by atoms with Crippen molar-refractivity contribution in [3.05, 3.63) is 0 Å².